The van der Waals surface area contributed by atoms with Crippen LogP contribution < -0.4 is 4.74 Å². The van der Waals surface area contributed by atoms with Crippen molar-refractivity contribution >= 4 is 21.9 Å². The van der Waals surface area contributed by atoms with Gasteiger partial charge in [-0.25, -0.2) is 24.9 Å². The SMILES string of the molecule is COc1ncnc(C2CC2)c1-c1ncc2c3ccc(C#N)cc3n(Cc3ccc4c(c3)CCCn3cc(C(F)(F)F)nc3-4)c2n1. The molecular formula is C33H25F3N8O. The molecule has 12 heteroatoms. The van der Waals surface area contributed by atoms with E-state index in [4.69, 9.17) is 14.7 Å². The number of hydrogen-bond acceptors (Lipinski definition) is 7. The van der Waals surface area contributed by atoms with E-state index < -0.39 is 11.9 Å². The van der Waals surface area contributed by atoms with Gasteiger partial charge in [0.15, 0.2) is 11.5 Å². The van der Waals surface area contributed by atoms with Gasteiger partial charge in [-0.3, -0.25) is 0 Å². The van der Waals surface area contributed by atoms with Crippen LogP contribution in [0.15, 0.2) is 55.1 Å². The van der Waals surface area contributed by atoms with Crippen molar-refractivity contribution in [1.29, 1.82) is 5.26 Å². The summed E-state index contributed by atoms with van der Waals surface area (Å²) >= 11 is 0. The Kier molecular flexibility index (Phi) is 6.13. The Morgan fingerprint density at radius 1 is 1.04 bits per heavy atom. The second-order valence-electron chi connectivity index (χ2n) is 11.5. The molecule has 0 saturated heterocycles. The first-order valence-electron chi connectivity index (χ1n) is 14.7. The summed E-state index contributed by atoms with van der Waals surface area (Å²) in [6.07, 6.45) is 3.36. The number of rotatable bonds is 5. The number of nitrogens with zero attached hydrogens (tertiary/aromatic N) is 8. The summed E-state index contributed by atoms with van der Waals surface area (Å²) in [5.74, 6) is 1.52. The highest BCUT2D eigenvalue weighted by Gasteiger charge is 2.36. The van der Waals surface area contributed by atoms with E-state index >= 15 is 0 Å². The van der Waals surface area contributed by atoms with Gasteiger partial charge in [0.25, 0.3) is 0 Å². The number of fused-ring (bicyclic) bond motifs is 6. The summed E-state index contributed by atoms with van der Waals surface area (Å²) in [7, 11) is 1.57. The van der Waals surface area contributed by atoms with Crippen LogP contribution in [0.5, 0.6) is 5.88 Å². The number of aromatic nitrogens is 7. The molecule has 0 atom stereocenters. The van der Waals surface area contributed by atoms with Crippen molar-refractivity contribution in [3.8, 4) is 34.7 Å². The third-order valence-electron chi connectivity index (χ3n) is 8.62. The Labute approximate surface area is 255 Å². The molecule has 9 nitrogen and oxygen atoms in total. The van der Waals surface area contributed by atoms with Crippen LogP contribution in [-0.4, -0.2) is 41.2 Å². The van der Waals surface area contributed by atoms with Crippen LogP contribution >= 0.6 is 0 Å². The fourth-order valence-electron chi connectivity index (χ4n) is 6.36. The molecule has 8 rings (SSSR count). The largest absolute Gasteiger partial charge is 0.480 e. The minimum atomic E-state index is -4.51. The van der Waals surface area contributed by atoms with Gasteiger partial charge < -0.3 is 13.9 Å². The molecule has 2 aliphatic rings. The predicted molar refractivity (Wildman–Crippen MR) is 159 cm³/mol. The van der Waals surface area contributed by atoms with E-state index in [2.05, 4.69) is 25.6 Å². The number of imidazole rings is 1. The first kappa shape index (κ1) is 27.3. The van der Waals surface area contributed by atoms with Crippen LogP contribution in [0.1, 0.15) is 53.3 Å². The average molecular weight is 607 g/mol. The Morgan fingerprint density at radius 3 is 2.69 bits per heavy atom. The number of methoxy groups -OCH3 is 1. The molecule has 0 bridgehead atoms. The Balaban J connectivity index is 1.27. The number of benzene rings is 2. The average Bonchev–Trinajstić information content (AvgIpc) is 3.77. The van der Waals surface area contributed by atoms with Crippen LogP contribution in [0, 0.1) is 11.3 Å². The molecule has 4 aromatic heterocycles. The lowest BCUT2D eigenvalue weighted by Gasteiger charge is -2.13. The van der Waals surface area contributed by atoms with E-state index in [0.717, 1.165) is 52.1 Å². The molecule has 1 aliphatic heterocycles. The summed E-state index contributed by atoms with van der Waals surface area (Å²) in [5, 5.41) is 11.4. The first-order chi connectivity index (χ1) is 21.8. The molecule has 5 heterocycles. The molecule has 1 aliphatic carbocycles. The summed E-state index contributed by atoms with van der Waals surface area (Å²) in [6.45, 7) is 0.875. The van der Waals surface area contributed by atoms with Gasteiger partial charge in [-0.15, -0.1) is 0 Å². The van der Waals surface area contributed by atoms with Gasteiger partial charge in [-0.05, 0) is 48.9 Å². The quantitative estimate of drug-likeness (QED) is 0.216. The second-order valence-corrected chi connectivity index (χ2v) is 11.5. The minimum absolute atomic E-state index is 0.308. The van der Waals surface area contributed by atoms with Gasteiger partial charge in [0, 0.05) is 47.7 Å². The fourth-order valence-corrected chi connectivity index (χ4v) is 6.36. The second kappa shape index (κ2) is 10.1. The third-order valence-corrected chi connectivity index (χ3v) is 8.62. The molecule has 1 fully saturated rings. The zero-order chi connectivity index (χ0) is 30.9. The van der Waals surface area contributed by atoms with Crippen LogP contribution in [-0.2, 0) is 25.7 Å². The topological polar surface area (TPSA) is 107 Å². The normalized spacial score (nSPS) is 14.6. The van der Waals surface area contributed by atoms with Gasteiger partial charge in [0.2, 0.25) is 5.88 Å². The number of halogens is 3. The van der Waals surface area contributed by atoms with Gasteiger partial charge in [0.05, 0.1) is 30.0 Å². The Morgan fingerprint density at radius 2 is 1.91 bits per heavy atom. The van der Waals surface area contributed by atoms with E-state index in [1.165, 1.54) is 6.33 Å². The van der Waals surface area contributed by atoms with E-state index in [9.17, 15) is 18.4 Å². The fraction of sp³-hybridized carbons (Fsp3) is 0.273. The minimum Gasteiger partial charge on any atom is -0.480 e. The van der Waals surface area contributed by atoms with Gasteiger partial charge in [-0.2, -0.15) is 18.4 Å². The lowest BCUT2D eigenvalue weighted by molar-refractivity contribution is -0.140. The molecule has 0 unspecified atom stereocenters. The van der Waals surface area contributed by atoms with Gasteiger partial charge in [0.1, 0.15) is 23.4 Å². The Bertz CT molecular complexity index is 2190. The molecular weight excluding hydrogens is 581 g/mol. The maximum Gasteiger partial charge on any atom is 0.434 e. The van der Waals surface area contributed by atoms with Crippen molar-refractivity contribution in [3.63, 3.8) is 0 Å². The van der Waals surface area contributed by atoms with E-state index in [-0.39, 0.29) is 0 Å². The van der Waals surface area contributed by atoms with E-state index in [1.54, 1.807) is 23.9 Å². The van der Waals surface area contributed by atoms with Crippen LogP contribution in [0.25, 0.3) is 44.7 Å². The van der Waals surface area contributed by atoms with Crippen LogP contribution in [0.2, 0.25) is 0 Å². The molecule has 0 spiro atoms. The number of alkyl halides is 3. The Hall–Kier alpha value is -5.31. The zero-order valence-corrected chi connectivity index (χ0v) is 24.1. The summed E-state index contributed by atoms with van der Waals surface area (Å²) in [6, 6.07) is 13.6. The molecule has 224 valence electrons. The van der Waals surface area contributed by atoms with Crippen molar-refractivity contribution in [2.24, 2.45) is 0 Å². The highest BCUT2D eigenvalue weighted by atomic mass is 19.4. The molecule has 0 amide bonds. The lowest BCUT2D eigenvalue weighted by atomic mass is 10.00. The lowest BCUT2D eigenvalue weighted by Crippen LogP contribution is -2.06. The smallest absolute Gasteiger partial charge is 0.434 e. The molecule has 6 aromatic rings. The third kappa shape index (κ3) is 4.58. The van der Waals surface area contributed by atoms with Crippen molar-refractivity contribution in [2.45, 2.75) is 50.9 Å². The summed E-state index contributed by atoms with van der Waals surface area (Å²) in [4.78, 5) is 22.7. The van der Waals surface area contributed by atoms with Gasteiger partial charge in [-0.1, -0.05) is 24.3 Å². The van der Waals surface area contributed by atoms with Crippen LogP contribution in [0.4, 0.5) is 13.2 Å². The molecule has 45 heavy (non-hydrogen) atoms. The maximum absolute atomic E-state index is 13.5. The maximum atomic E-state index is 13.5. The number of aryl methyl sites for hydroxylation is 2. The molecule has 0 N–H and O–H groups in total. The van der Waals surface area contributed by atoms with Gasteiger partial charge >= 0.3 is 6.18 Å². The summed E-state index contributed by atoms with van der Waals surface area (Å²) in [5.41, 5.74) is 5.29. The van der Waals surface area contributed by atoms with Crippen molar-refractivity contribution in [1.82, 2.24) is 34.1 Å². The van der Waals surface area contributed by atoms with Crippen molar-refractivity contribution in [3.05, 3.63) is 83.2 Å². The van der Waals surface area contributed by atoms with Crippen molar-refractivity contribution < 1.29 is 17.9 Å². The van der Waals surface area contributed by atoms with E-state index in [0.29, 0.717) is 71.7 Å². The number of hydrogen-bond donors (Lipinski definition) is 0. The van der Waals surface area contributed by atoms with Crippen LogP contribution in [0.3, 0.4) is 0 Å². The van der Waals surface area contributed by atoms with Crippen molar-refractivity contribution in [2.75, 3.05) is 7.11 Å². The predicted octanol–water partition coefficient (Wildman–Crippen LogP) is 6.68. The zero-order valence-electron chi connectivity index (χ0n) is 24.1. The molecule has 1 saturated carbocycles. The molecule has 2 aromatic carbocycles. The number of nitriles is 1. The standard InChI is InChI=1S/C33H25F3N8O/c1-45-32-27(28(20-6-7-20)39-17-40-32)29-38-14-24-23-9-4-18(13-37)12-25(23)44(31(24)42-29)15-19-5-8-22-21(11-19)3-2-10-43-16-26(33(34,35)36)41-30(22)43/h4-5,8-9,11-12,14,16-17,20H,2-3,6-7,10,15H2,1H3. The highest BCUT2D eigenvalue weighted by Crippen LogP contribution is 2.45. The monoisotopic (exact) mass is 606 g/mol. The molecule has 0 radical (unpaired) electrons. The highest BCUT2D eigenvalue weighted by molar-refractivity contribution is 6.07. The summed E-state index contributed by atoms with van der Waals surface area (Å²) < 4.78 is 49.6. The number of ether oxygens (including phenoxy) is 1. The van der Waals surface area contributed by atoms with E-state index in [1.807, 2.05) is 30.3 Å². The first-order valence-corrected chi connectivity index (χ1v) is 14.7.